The second-order valence-electron chi connectivity index (χ2n) is 9.52. The van der Waals surface area contributed by atoms with Gasteiger partial charge in [0.15, 0.2) is 0 Å². The number of piperazine rings is 1. The molecule has 0 bridgehead atoms. The molecule has 3 aromatic rings. The minimum atomic E-state index is -3.77. The number of amides is 2. The van der Waals surface area contributed by atoms with Gasteiger partial charge in [0.25, 0.3) is 10.2 Å². The predicted octanol–water partition coefficient (Wildman–Crippen LogP) is 0.758. The van der Waals surface area contributed by atoms with Crippen LogP contribution in [0.3, 0.4) is 0 Å². The number of hydrogen-bond acceptors (Lipinski definition) is 8. The van der Waals surface area contributed by atoms with E-state index < -0.39 is 16.3 Å². The average Bonchev–Trinajstić information content (AvgIpc) is 3.63. The van der Waals surface area contributed by atoms with Gasteiger partial charge in [-0.05, 0) is 53.3 Å². The van der Waals surface area contributed by atoms with Gasteiger partial charge in [-0.1, -0.05) is 29.8 Å². The molecule has 0 spiro atoms. The maximum atomic E-state index is 13.5. The molecule has 0 radical (unpaired) electrons. The fourth-order valence-electron chi connectivity index (χ4n) is 5.04. The van der Waals surface area contributed by atoms with Crippen molar-refractivity contribution >= 4 is 45.4 Å². The Labute approximate surface area is 236 Å². The zero-order valence-corrected chi connectivity index (χ0v) is 22.9. The third-order valence-corrected chi connectivity index (χ3v) is 8.37. The van der Waals surface area contributed by atoms with E-state index in [9.17, 15) is 18.0 Å². The number of nitrogens with one attached hydrogen (secondary N) is 1. The van der Waals surface area contributed by atoms with Gasteiger partial charge in [-0.25, -0.2) is 5.14 Å². The van der Waals surface area contributed by atoms with Crippen LogP contribution in [0.5, 0.6) is 0 Å². The highest BCUT2D eigenvalue weighted by Gasteiger charge is 2.42. The Kier molecular flexibility index (Phi) is 8.23. The Morgan fingerprint density at radius 2 is 1.82 bits per heavy atom. The van der Waals surface area contributed by atoms with Crippen molar-refractivity contribution in [2.75, 3.05) is 38.0 Å². The summed E-state index contributed by atoms with van der Waals surface area (Å²) in [4.78, 5) is 30.6. The zero-order valence-electron chi connectivity index (χ0n) is 21.4. The van der Waals surface area contributed by atoms with Gasteiger partial charge in [-0.3, -0.25) is 14.5 Å². The smallest absolute Gasteiger partial charge is 0.276 e. The van der Waals surface area contributed by atoms with Crippen molar-refractivity contribution in [3.05, 3.63) is 71.5 Å². The summed E-state index contributed by atoms with van der Waals surface area (Å²) >= 11 is 6.21. The highest BCUT2D eigenvalue weighted by Crippen LogP contribution is 2.26. The topological polar surface area (TPSA) is 160 Å². The summed E-state index contributed by atoms with van der Waals surface area (Å²) in [7, 11) is -3.77. The Hall–Kier alpha value is -3.69. The predicted molar refractivity (Wildman–Crippen MR) is 148 cm³/mol. The maximum absolute atomic E-state index is 13.5. The molecule has 2 amide bonds. The normalized spacial score (nSPS) is 20.7. The molecular formula is C25H28ClN9O4S. The van der Waals surface area contributed by atoms with Crippen LogP contribution in [0.4, 0.5) is 5.69 Å². The standard InChI is InChI=1S/C25H28ClN9O4S/c26-19-7-8-22(35-17-28-30-31-35)18(14-19)6-9-24(36)34-16-21(32-10-12-33(13-11-32)40(27,38)39)15-23(34)25(37)29-20-4-2-1-3-5-20/h1-9,14,17,21,23H,10-13,15-16H2,(H,29,37)(H2,27,38,39)/t21-,23-/m0/s1. The van der Waals surface area contributed by atoms with E-state index in [2.05, 4.69) is 25.7 Å². The van der Waals surface area contributed by atoms with E-state index in [-0.39, 0.29) is 30.9 Å². The fraction of sp³-hybridized carbons (Fsp3) is 0.320. The Balaban J connectivity index is 1.36. The van der Waals surface area contributed by atoms with Crippen molar-refractivity contribution in [2.45, 2.75) is 18.5 Å². The Morgan fingerprint density at radius 1 is 1.07 bits per heavy atom. The van der Waals surface area contributed by atoms with Crippen LogP contribution in [-0.4, -0.2) is 99.4 Å². The second-order valence-corrected chi connectivity index (χ2v) is 11.5. The largest absolute Gasteiger partial charge is 0.325 e. The molecule has 2 aliphatic rings. The Morgan fingerprint density at radius 3 is 2.50 bits per heavy atom. The van der Waals surface area contributed by atoms with Gasteiger partial charge in [-0.15, -0.1) is 5.10 Å². The molecule has 2 atom stereocenters. The van der Waals surface area contributed by atoms with E-state index >= 15 is 0 Å². The molecule has 15 heteroatoms. The first-order valence-electron chi connectivity index (χ1n) is 12.6. The van der Waals surface area contributed by atoms with Crippen molar-refractivity contribution < 1.29 is 18.0 Å². The van der Waals surface area contributed by atoms with Gasteiger partial charge in [0.2, 0.25) is 11.8 Å². The quantitative estimate of drug-likeness (QED) is 0.384. The molecular weight excluding hydrogens is 558 g/mol. The molecule has 3 N–H and O–H groups in total. The molecule has 2 aliphatic heterocycles. The lowest BCUT2D eigenvalue weighted by molar-refractivity contribution is -0.132. The molecule has 0 unspecified atom stereocenters. The maximum Gasteiger partial charge on any atom is 0.276 e. The molecule has 2 fully saturated rings. The average molecular weight is 586 g/mol. The highest BCUT2D eigenvalue weighted by atomic mass is 35.5. The molecule has 210 valence electrons. The molecule has 13 nitrogen and oxygen atoms in total. The number of likely N-dealkylation sites (tertiary alicyclic amines) is 1. The van der Waals surface area contributed by atoms with Crippen molar-refractivity contribution in [3.8, 4) is 5.69 Å². The number of tetrazole rings is 1. The molecule has 2 aromatic carbocycles. The minimum Gasteiger partial charge on any atom is -0.325 e. The van der Waals surface area contributed by atoms with E-state index in [0.717, 1.165) is 0 Å². The lowest BCUT2D eigenvalue weighted by Gasteiger charge is -2.36. The summed E-state index contributed by atoms with van der Waals surface area (Å²) in [5, 5.41) is 19.9. The first-order chi connectivity index (χ1) is 19.2. The van der Waals surface area contributed by atoms with Crippen LogP contribution in [0.25, 0.3) is 11.8 Å². The van der Waals surface area contributed by atoms with Gasteiger partial charge < -0.3 is 10.2 Å². The van der Waals surface area contributed by atoms with Crippen molar-refractivity contribution in [3.63, 3.8) is 0 Å². The van der Waals surface area contributed by atoms with Gasteiger partial charge in [-0.2, -0.15) is 17.4 Å². The van der Waals surface area contributed by atoms with Gasteiger partial charge in [0.05, 0.1) is 5.69 Å². The SMILES string of the molecule is NS(=O)(=O)N1CCN([C@H]2C[C@@H](C(=O)Nc3ccccc3)N(C(=O)C=Cc3cc(Cl)ccc3-n3cnnn3)C2)CC1. The lowest BCUT2D eigenvalue weighted by atomic mass is 10.1. The number of aromatic nitrogens is 4. The molecule has 5 rings (SSSR count). The van der Waals surface area contributed by atoms with Crippen LogP contribution in [0.2, 0.25) is 5.02 Å². The van der Waals surface area contributed by atoms with E-state index in [1.54, 1.807) is 41.3 Å². The highest BCUT2D eigenvalue weighted by molar-refractivity contribution is 7.86. The third kappa shape index (κ3) is 6.37. The monoisotopic (exact) mass is 585 g/mol. The summed E-state index contributed by atoms with van der Waals surface area (Å²) in [5.74, 6) is -0.641. The number of hydrogen-bond donors (Lipinski definition) is 2. The Bertz CT molecular complexity index is 1490. The first kappa shape index (κ1) is 27.9. The number of para-hydroxylation sites is 1. The molecule has 40 heavy (non-hydrogen) atoms. The molecule has 2 saturated heterocycles. The van der Waals surface area contributed by atoms with Gasteiger partial charge in [0.1, 0.15) is 12.4 Å². The number of rotatable bonds is 7. The van der Waals surface area contributed by atoms with Crippen LogP contribution in [0.1, 0.15) is 12.0 Å². The molecule has 0 saturated carbocycles. The number of carbonyl (C=O) groups excluding carboxylic acids is 2. The number of carbonyl (C=O) groups is 2. The number of anilines is 1. The van der Waals surface area contributed by atoms with Crippen LogP contribution in [0, 0.1) is 0 Å². The zero-order chi connectivity index (χ0) is 28.3. The summed E-state index contributed by atoms with van der Waals surface area (Å²) in [5.41, 5.74) is 1.88. The fourth-order valence-corrected chi connectivity index (χ4v) is 5.89. The summed E-state index contributed by atoms with van der Waals surface area (Å²) in [6.07, 6.45) is 4.87. The van der Waals surface area contributed by atoms with Crippen molar-refractivity contribution in [2.24, 2.45) is 5.14 Å². The van der Waals surface area contributed by atoms with E-state index in [1.165, 1.54) is 21.4 Å². The number of nitrogens with two attached hydrogens (primary N) is 1. The summed E-state index contributed by atoms with van der Waals surface area (Å²) in [6, 6.07) is 13.3. The van der Waals surface area contributed by atoms with Crippen LogP contribution in [-0.2, 0) is 19.8 Å². The van der Waals surface area contributed by atoms with Crippen LogP contribution >= 0.6 is 11.6 Å². The molecule has 0 aliphatic carbocycles. The molecule has 1 aromatic heterocycles. The van der Waals surface area contributed by atoms with Crippen molar-refractivity contribution in [1.29, 1.82) is 0 Å². The van der Waals surface area contributed by atoms with Crippen LogP contribution < -0.4 is 10.5 Å². The van der Waals surface area contributed by atoms with E-state index in [0.29, 0.717) is 48.0 Å². The van der Waals surface area contributed by atoms with Crippen molar-refractivity contribution in [1.82, 2.24) is 34.3 Å². The lowest BCUT2D eigenvalue weighted by Crippen LogP contribution is -2.53. The summed E-state index contributed by atoms with van der Waals surface area (Å²) in [6.45, 7) is 1.70. The number of nitrogens with zero attached hydrogens (tertiary/aromatic N) is 7. The van der Waals surface area contributed by atoms with E-state index in [1.807, 2.05) is 18.2 Å². The second kappa shape index (κ2) is 11.8. The van der Waals surface area contributed by atoms with Crippen LogP contribution in [0.15, 0.2) is 60.9 Å². The van der Waals surface area contributed by atoms with Gasteiger partial charge >= 0.3 is 0 Å². The number of halogens is 1. The minimum absolute atomic E-state index is 0.130. The first-order valence-corrected chi connectivity index (χ1v) is 14.5. The number of benzene rings is 2. The summed E-state index contributed by atoms with van der Waals surface area (Å²) < 4.78 is 26.2. The van der Waals surface area contributed by atoms with Gasteiger partial charge in [0, 0.05) is 61.1 Å². The third-order valence-electron chi connectivity index (χ3n) is 7.05. The molecule has 3 heterocycles. The van der Waals surface area contributed by atoms with E-state index in [4.69, 9.17) is 16.7 Å².